The molecule has 2 aromatic rings. The van der Waals surface area contributed by atoms with Crippen molar-refractivity contribution in [2.75, 3.05) is 19.6 Å². The van der Waals surface area contributed by atoms with Gasteiger partial charge in [0.05, 0.1) is 10.5 Å². The van der Waals surface area contributed by atoms with E-state index >= 15 is 0 Å². The fourth-order valence-corrected chi connectivity index (χ4v) is 7.71. The molecule has 36 heavy (non-hydrogen) atoms. The number of piperidine rings is 1. The number of rotatable bonds is 8. The van der Waals surface area contributed by atoms with E-state index in [0.29, 0.717) is 30.1 Å². The Morgan fingerprint density at radius 1 is 1.08 bits per heavy atom. The Balaban J connectivity index is 1.59. The molecule has 0 aromatic heterocycles. The van der Waals surface area contributed by atoms with Crippen LogP contribution >= 0.6 is 11.8 Å². The van der Waals surface area contributed by atoms with Crippen molar-refractivity contribution >= 4 is 27.7 Å². The highest BCUT2D eigenvalue weighted by Gasteiger charge is 2.32. The van der Waals surface area contributed by atoms with E-state index in [4.69, 9.17) is 0 Å². The zero-order valence-corrected chi connectivity index (χ0v) is 22.6. The third kappa shape index (κ3) is 6.78. The standard InChI is InChI=1S/C28H35FN2O3S2/c1-20-16-21(2)19-31(18-20)36(33,34)25-12-13-27(35-24-10-8-23(29)9-11-24)26(17-25)28(32)30-15-14-22-6-4-3-5-7-22/h6,8-13,17,20-21H,3-5,7,14-16,18-19H2,1-2H3,(H,30,32)/t20-,21-/m1/s1. The van der Waals surface area contributed by atoms with Crippen LogP contribution in [0.1, 0.15) is 62.7 Å². The summed E-state index contributed by atoms with van der Waals surface area (Å²) in [5.74, 6) is -0.0587. The summed E-state index contributed by atoms with van der Waals surface area (Å²) >= 11 is 1.32. The van der Waals surface area contributed by atoms with Crippen molar-refractivity contribution in [1.29, 1.82) is 0 Å². The Labute approximate surface area is 218 Å². The molecule has 1 aliphatic carbocycles. The van der Waals surface area contributed by atoms with E-state index in [1.165, 1.54) is 48.4 Å². The summed E-state index contributed by atoms with van der Waals surface area (Å²) in [5.41, 5.74) is 1.69. The van der Waals surface area contributed by atoms with Crippen molar-refractivity contribution in [2.24, 2.45) is 11.8 Å². The molecule has 2 atom stereocenters. The fraction of sp³-hybridized carbons (Fsp3) is 0.464. The third-order valence-corrected chi connectivity index (χ3v) is 9.74. The molecule has 8 heteroatoms. The van der Waals surface area contributed by atoms with Gasteiger partial charge in [-0.25, -0.2) is 12.8 Å². The number of carbonyl (C=O) groups excluding carboxylic acids is 1. The van der Waals surface area contributed by atoms with Crippen molar-refractivity contribution in [3.8, 4) is 0 Å². The number of nitrogens with zero attached hydrogens (tertiary/aromatic N) is 1. The van der Waals surface area contributed by atoms with Gasteiger partial charge in [0.25, 0.3) is 5.91 Å². The average molecular weight is 531 g/mol. The number of hydrogen-bond donors (Lipinski definition) is 1. The molecule has 1 amide bonds. The summed E-state index contributed by atoms with van der Waals surface area (Å²) in [5, 5.41) is 2.99. The van der Waals surface area contributed by atoms with E-state index in [2.05, 4.69) is 25.2 Å². The third-order valence-electron chi connectivity index (χ3n) is 6.83. The van der Waals surface area contributed by atoms with Gasteiger partial charge in [0, 0.05) is 29.4 Å². The molecular formula is C28H35FN2O3S2. The number of amides is 1. The van der Waals surface area contributed by atoms with E-state index < -0.39 is 10.0 Å². The quantitative estimate of drug-likeness (QED) is 0.409. The van der Waals surface area contributed by atoms with Gasteiger partial charge in [-0.1, -0.05) is 37.3 Å². The number of halogens is 1. The summed E-state index contributed by atoms with van der Waals surface area (Å²) in [6.07, 6.45) is 8.63. The number of benzene rings is 2. The van der Waals surface area contributed by atoms with Crippen molar-refractivity contribution in [2.45, 2.75) is 67.1 Å². The molecule has 1 saturated heterocycles. The molecule has 1 N–H and O–H groups in total. The predicted octanol–water partition coefficient (Wildman–Crippen LogP) is 6.26. The van der Waals surface area contributed by atoms with Crippen molar-refractivity contribution in [3.63, 3.8) is 0 Å². The highest BCUT2D eigenvalue weighted by atomic mass is 32.2. The van der Waals surface area contributed by atoms with Gasteiger partial charge < -0.3 is 5.32 Å². The number of carbonyl (C=O) groups is 1. The molecule has 0 saturated carbocycles. The minimum absolute atomic E-state index is 0.132. The van der Waals surface area contributed by atoms with Crippen LogP contribution < -0.4 is 5.32 Å². The lowest BCUT2D eigenvalue weighted by atomic mass is 9.94. The van der Waals surface area contributed by atoms with E-state index in [9.17, 15) is 17.6 Å². The summed E-state index contributed by atoms with van der Waals surface area (Å²) in [6, 6.07) is 10.8. The van der Waals surface area contributed by atoms with Gasteiger partial charge in [-0.2, -0.15) is 4.31 Å². The second-order valence-corrected chi connectivity index (χ2v) is 13.1. The van der Waals surface area contributed by atoms with Gasteiger partial charge >= 0.3 is 0 Å². The van der Waals surface area contributed by atoms with E-state index in [-0.39, 0.29) is 28.5 Å². The van der Waals surface area contributed by atoms with Gasteiger partial charge in [0.15, 0.2) is 0 Å². The van der Waals surface area contributed by atoms with Crippen LogP contribution in [0.25, 0.3) is 0 Å². The van der Waals surface area contributed by atoms with Crippen molar-refractivity contribution in [3.05, 3.63) is 65.5 Å². The summed E-state index contributed by atoms with van der Waals surface area (Å²) in [4.78, 5) is 14.8. The van der Waals surface area contributed by atoms with Crippen LogP contribution in [0.3, 0.4) is 0 Å². The van der Waals surface area contributed by atoms with Gasteiger partial charge in [0.1, 0.15) is 5.82 Å². The van der Waals surface area contributed by atoms with Gasteiger partial charge in [-0.05, 0) is 92.8 Å². The minimum Gasteiger partial charge on any atom is -0.352 e. The molecule has 2 aromatic carbocycles. The number of nitrogens with one attached hydrogen (secondary N) is 1. The number of sulfonamides is 1. The van der Waals surface area contributed by atoms with Crippen LogP contribution in [0, 0.1) is 17.7 Å². The van der Waals surface area contributed by atoms with E-state index in [1.54, 1.807) is 28.6 Å². The molecule has 1 aliphatic heterocycles. The molecule has 0 radical (unpaired) electrons. The second-order valence-electron chi connectivity index (χ2n) is 10.1. The Bertz CT molecular complexity index is 1200. The normalized spacial score (nSPS) is 21.1. The largest absolute Gasteiger partial charge is 0.352 e. The first-order chi connectivity index (χ1) is 17.2. The van der Waals surface area contributed by atoms with Gasteiger partial charge in [-0.3, -0.25) is 4.79 Å². The molecule has 0 unspecified atom stereocenters. The zero-order chi connectivity index (χ0) is 25.7. The summed E-state index contributed by atoms with van der Waals surface area (Å²) in [6.45, 7) is 5.61. The molecule has 4 rings (SSSR count). The van der Waals surface area contributed by atoms with Crippen LogP contribution in [-0.2, 0) is 10.0 Å². The van der Waals surface area contributed by atoms with Crippen LogP contribution in [0.5, 0.6) is 0 Å². The first-order valence-corrected chi connectivity index (χ1v) is 15.0. The topological polar surface area (TPSA) is 66.5 Å². The minimum atomic E-state index is -3.73. The lowest BCUT2D eigenvalue weighted by Crippen LogP contribution is -2.42. The molecule has 0 spiro atoms. The van der Waals surface area contributed by atoms with E-state index in [1.807, 2.05) is 0 Å². The molecule has 194 valence electrons. The molecule has 2 aliphatic rings. The first-order valence-electron chi connectivity index (χ1n) is 12.8. The molecule has 0 bridgehead atoms. The maximum Gasteiger partial charge on any atom is 0.252 e. The average Bonchev–Trinajstić information content (AvgIpc) is 2.85. The van der Waals surface area contributed by atoms with Crippen LogP contribution in [-0.4, -0.2) is 38.3 Å². The smallest absolute Gasteiger partial charge is 0.252 e. The molecular weight excluding hydrogens is 495 g/mol. The van der Waals surface area contributed by atoms with Crippen LogP contribution in [0.15, 0.2) is 68.8 Å². The first kappa shape index (κ1) is 26.9. The maximum absolute atomic E-state index is 13.5. The Morgan fingerprint density at radius 3 is 2.47 bits per heavy atom. The number of hydrogen-bond acceptors (Lipinski definition) is 4. The molecule has 1 fully saturated rings. The van der Waals surface area contributed by atoms with Crippen LogP contribution in [0.2, 0.25) is 0 Å². The zero-order valence-electron chi connectivity index (χ0n) is 21.0. The fourth-order valence-electron chi connectivity index (χ4n) is 5.08. The van der Waals surface area contributed by atoms with Gasteiger partial charge in [-0.15, -0.1) is 0 Å². The van der Waals surface area contributed by atoms with Crippen LogP contribution in [0.4, 0.5) is 4.39 Å². The van der Waals surface area contributed by atoms with Crippen molar-refractivity contribution < 1.29 is 17.6 Å². The lowest BCUT2D eigenvalue weighted by Gasteiger charge is -2.34. The Kier molecular flexibility index (Phi) is 8.91. The summed E-state index contributed by atoms with van der Waals surface area (Å²) < 4.78 is 42.0. The Hall–Kier alpha value is -2.16. The highest BCUT2D eigenvalue weighted by molar-refractivity contribution is 7.99. The monoisotopic (exact) mass is 530 g/mol. The lowest BCUT2D eigenvalue weighted by molar-refractivity contribution is 0.0951. The Morgan fingerprint density at radius 2 is 1.81 bits per heavy atom. The van der Waals surface area contributed by atoms with Gasteiger partial charge in [0.2, 0.25) is 10.0 Å². The van der Waals surface area contributed by atoms with Crippen molar-refractivity contribution in [1.82, 2.24) is 9.62 Å². The highest BCUT2D eigenvalue weighted by Crippen LogP contribution is 2.34. The van der Waals surface area contributed by atoms with E-state index in [0.717, 1.165) is 30.6 Å². The number of allylic oxidation sites excluding steroid dienone is 1. The predicted molar refractivity (Wildman–Crippen MR) is 142 cm³/mol. The SMILES string of the molecule is C[C@@H]1C[C@@H](C)CN(S(=O)(=O)c2ccc(Sc3ccc(F)cc3)c(C(=O)NCCC3=CCCCC3)c2)C1. The second kappa shape index (κ2) is 11.9. The molecule has 1 heterocycles. The summed E-state index contributed by atoms with van der Waals surface area (Å²) in [7, 11) is -3.73. The molecule has 5 nitrogen and oxygen atoms in total. The maximum atomic E-state index is 13.5.